The van der Waals surface area contributed by atoms with Crippen molar-refractivity contribution in [2.45, 2.75) is 18.9 Å². The van der Waals surface area contributed by atoms with Crippen LogP contribution in [0.4, 0.5) is 15.8 Å². The van der Waals surface area contributed by atoms with E-state index in [0.29, 0.717) is 11.3 Å². The predicted octanol–water partition coefficient (Wildman–Crippen LogP) is 2.79. The van der Waals surface area contributed by atoms with Crippen LogP contribution in [-0.4, -0.2) is 68.6 Å². The second-order valence-corrected chi connectivity index (χ2v) is 8.94. The minimum absolute atomic E-state index is 0.0741. The van der Waals surface area contributed by atoms with E-state index in [9.17, 15) is 0 Å². The third-order valence-corrected chi connectivity index (χ3v) is 6.24. The first kappa shape index (κ1) is 23.3. The molecule has 33 heavy (non-hydrogen) atoms. The molecule has 2 fully saturated rings. The van der Waals surface area contributed by atoms with Crippen LogP contribution in [0.3, 0.4) is 0 Å². The molecule has 2 aromatic carbocycles. The van der Waals surface area contributed by atoms with Gasteiger partial charge in [-0.2, -0.15) is 5.10 Å². The summed E-state index contributed by atoms with van der Waals surface area (Å²) in [6, 6.07) is 13.4. The van der Waals surface area contributed by atoms with Gasteiger partial charge in [0.05, 0.1) is 11.9 Å². The molecule has 9 heteroatoms. The molecule has 2 saturated heterocycles. The van der Waals surface area contributed by atoms with Crippen molar-refractivity contribution in [1.29, 1.82) is 0 Å². The van der Waals surface area contributed by atoms with E-state index < -0.39 is 0 Å². The summed E-state index contributed by atoms with van der Waals surface area (Å²) >= 11 is 4.81. The topological polar surface area (TPSA) is 69.4 Å². The highest BCUT2D eigenvalue weighted by Crippen LogP contribution is 2.32. The lowest BCUT2D eigenvalue weighted by atomic mass is 10.0. The van der Waals surface area contributed by atoms with E-state index in [0.717, 1.165) is 63.5 Å². The largest absolute Gasteiger partial charge is 0.490 e. The number of para-hydroxylation sites is 1. The summed E-state index contributed by atoms with van der Waals surface area (Å²) in [5.74, 6) is 0.626. The lowest BCUT2D eigenvalue weighted by Crippen LogP contribution is -2.45. The van der Waals surface area contributed by atoms with Gasteiger partial charge in [0.15, 0.2) is 5.11 Å². The summed E-state index contributed by atoms with van der Waals surface area (Å²) in [4.78, 5) is 6.70. The number of hydrazone groups is 1. The minimum atomic E-state index is -0.257. The van der Waals surface area contributed by atoms with Gasteiger partial charge in [-0.05, 0) is 43.5 Å². The Labute approximate surface area is 200 Å². The normalized spacial score (nSPS) is 18.0. The van der Waals surface area contributed by atoms with Gasteiger partial charge in [0.2, 0.25) is 0 Å². The van der Waals surface area contributed by atoms with E-state index in [1.165, 1.54) is 0 Å². The monoisotopic (exact) mass is 470 g/mol. The zero-order valence-corrected chi connectivity index (χ0v) is 19.7. The van der Waals surface area contributed by atoms with E-state index in [-0.39, 0.29) is 17.0 Å². The van der Waals surface area contributed by atoms with Crippen molar-refractivity contribution >= 4 is 34.9 Å². The highest BCUT2D eigenvalue weighted by Gasteiger charge is 2.25. The van der Waals surface area contributed by atoms with Crippen LogP contribution in [0.1, 0.15) is 18.4 Å². The van der Waals surface area contributed by atoms with Crippen LogP contribution in [0.25, 0.3) is 0 Å². The summed E-state index contributed by atoms with van der Waals surface area (Å²) in [6.07, 6.45) is 3.42. The third-order valence-electron chi connectivity index (χ3n) is 6.15. The van der Waals surface area contributed by atoms with Crippen LogP contribution < -0.4 is 25.7 Å². The molecule has 2 aliphatic heterocycles. The first-order valence-electron chi connectivity index (χ1n) is 11.3. The van der Waals surface area contributed by atoms with E-state index in [1.807, 2.05) is 36.4 Å². The van der Waals surface area contributed by atoms with E-state index in [2.05, 4.69) is 32.3 Å². The molecule has 0 unspecified atom stereocenters. The molecule has 2 heterocycles. The molecular weight excluding hydrogens is 439 g/mol. The van der Waals surface area contributed by atoms with Crippen LogP contribution in [0.5, 0.6) is 5.75 Å². The van der Waals surface area contributed by atoms with Gasteiger partial charge in [0.1, 0.15) is 17.7 Å². The van der Waals surface area contributed by atoms with Crippen molar-refractivity contribution in [3.05, 3.63) is 53.8 Å². The fourth-order valence-corrected chi connectivity index (χ4v) is 4.36. The molecule has 2 aliphatic rings. The molecule has 3 N–H and O–H groups in total. The summed E-state index contributed by atoms with van der Waals surface area (Å²) in [5.41, 5.74) is 10.3. The van der Waals surface area contributed by atoms with Crippen LogP contribution in [0.15, 0.2) is 47.6 Å². The Morgan fingerprint density at radius 1 is 1.06 bits per heavy atom. The van der Waals surface area contributed by atoms with Gasteiger partial charge in [0.25, 0.3) is 0 Å². The first-order chi connectivity index (χ1) is 16.0. The Morgan fingerprint density at radius 3 is 2.39 bits per heavy atom. The molecule has 2 aromatic rings. The van der Waals surface area contributed by atoms with Crippen molar-refractivity contribution in [3.8, 4) is 5.75 Å². The van der Waals surface area contributed by atoms with Crippen LogP contribution in [0, 0.1) is 5.82 Å². The van der Waals surface area contributed by atoms with Gasteiger partial charge in [-0.15, -0.1) is 0 Å². The number of rotatable bonds is 6. The summed E-state index contributed by atoms with van der Waals surface area (Å²) in [5, 5.41) is 4.14. The smallest absolute Gasteiger partial charge is 0.184 e. The molecule has 0 aliphatic carbocycles. The molecule has 0 spiro atoms. The maximum absolute atomic E-state index is 15.2. The molecule has 0 radical (unpaired) electrons. The van der Waals surface area contributed by atoms with Crippen molar-refractivity contribution in [2.75, 3.05) is 56.1 Å². The number of piperidine rings is 1. The van der Waals surface area contributed by atoms with Crippen molar-refractivity contribution in [3.63, 3.8) is 0 Å². The average Bonchev–Trinajstić information content (AvgIpc) is 2.81. The number of nitrogens with one attached hydrogen (secondary N) is 1. The maximum atomic E-state index is 15.2. The SMILES string of the molecule is CN1CCN(c2cc(N3CCC(Oc4ccccc4)CC3)c(F)cc2/C=N/NC(N)=S)CC1. The second-order valence-electron chi connectivity index (χ2n) is 8.50. The zero-order chi connectivity index (χ0) is 23.2. The van der Waals surface area contributed by atoms with Gasteiger partial charge in [-0.3, -0.25) is 5.43 Å². The maximum Gasteiger partial charge on any atom is 0.184 e. The Morgan fingerprint density at radius 2 is 1.73 bits per heavy atom. The van der Waals surface area contributed by atoms with E-state index in [4.69, 9.17) is 22.7 Å². The van der Waals surface area contributed by atoms with Gasteiger partial charge < -0.3 is 25.2 Å². The summed E-state index contributed by atoms with van der Waals surface area (Å²) in [6.45, 7) is 5.14. The van der Waals surface area contributed by atoms with Crippen LogP contribution in [-0.2, 0) is 0 Å². The fourth-order valence-electron chi connectivity index (χ4n) is 4.30. The Kier molecular flexibility index (Phi) is 7.61. The van der Waals surface area contributed by atoms with Crippen molar-refractivity contribution in [2.24, 2.45) is 10.8 Å². The second kappa shape index (κ2) is 10.8. The fraction of sp³-hybridized carbons (Fsp3) is 0.417. The Balaban J connectivity index is 1.51. The average molecular weight is 471 g/mol. The Bertz CT molecular complexity index is 972. The number of piperazine rings is 1. The lowest BCUT2D eigenvalue weighted by Gasteiger charge is -2.37. The minimum Gasteiger partial charge on any atom is -0.490 e. The molecular formula is C24H31FN6OS. The molecule has 0 bridgehead atoms. The standard InChI is InChI=1S/C24H31FN6OS/c1-29-11-13-31(14-12-29)22-16-23(21(25)15-18(22)17-27-28-24(26)33)30-9-7-20(8-10-30)32-19-5-3-2-4-6-19/h2-6,15-17,20H,7-14H2,1H3,(H3,26,28,33)/b27-17+. The number of nitrogens with zero attached hydrogens (tertiary/aromatic N) is 4. The molecule has 7 nitrogen and oxygen atoms in total. The molecule has 0 saturated carbocycles. The molecule has 176 valence electrons. The number of hydrogen-bond acceptors (Lipinski definition) is 6. The summed E-state index contributed by atoms with van der Waals surface area (Å²) in [7, 11) is 2.11. The quantitative estimate of drug-likeness (QED) is 0.382. The number of nitrogens with two attached hydrogens (primary N) is 1. The highest BCUT2D eigenvalue weighted by molar-refractivity contribution is 7.80. The van der Waals surface area contributed by atoms with Crippen LogP contribution >= 0.6 is 12.2 Å². The molecule has 4 rings (SSSR count). The van der Waals surface area contributed by atoms with Crippen molar-refractivity contribution in [1.82, 2.24) is 10.3 Å². The highest BCUT2D eigenvalue weighted by atomic mass is 32.1. The zero-order valence-electron chi connectivity index (χ0n) is 18.9. The van der Waals surface area contributed by atoms with E-state index in [1.54, 1.807) is 12.3 Å². The molecule has 0 atom stereocenters. The Hall–Kier alpha value is -2.91. The first-order valence-corrected chi connectivity index (χ1v) is 11.7. The van der Waals surface area contributed by atoms with Crippen LogP contribution in [0.2, 0.25) is 0 Å². The number of likely N-dealkylation sites (N-methyl/N-ethyl adjacent to an activating group) is 1. The number of halogens is 1. The number of benzene rings is 2. The number of hydrogen-bond donors (Lipinski definition) is 2. The van der Waals surface area contributed by atoms with Gasteiger partial charge >= 0.3 is 0 Å². The van der Waals surface area contributed by atoms with Gasteiger partial charge in [0, 0.05) is 63.4 Å². The van der Waals surface area contributed by atoms with Crippen molar-refractivity contribution < 1.29 is 9.13 Å². The number of thiocarbonyl (C=S) groups is 1. The van der Waals surface area contributed by atoms with Gasteiger partial charge in [-0.25, -0.2) is 4.39 Å². The van der Waals surface area contributed by atoms with E-state index >= 15 is 4.39 Å². The van der Waals surface area contributed by atoms with Gasteiger partial charge in [-0.1, -0.05) is 18.2 Å². The third kappa shape index (κ3) is 6.11. The number of ether oxygens (including phenoxy) is 1. The predicted molar refractivity (Wildman–Crippen MR) is 136 cm³/mol. The molecule has 0 amide bonds. The molecule has 0 aromatic heterocycles. The lowest BCUT2D eigenvalue weighted by molar-refractivity contribution is 0.170. The number of anilines is 2. The summed E-state index contributed by atoms with van der Waals surface area (Å²) < 4.78 is 21.3.